The fourth-order valence-corrected chi connectivity index (χ4v) is 9.73. The van der Waals surface area contributed by atoms with Crippen molar-refractivity contribution in [1.82, 2.24) is 9.97 Å². The summed E-state index contributed by atoms with van der Waals surface area (Å²) in [4.78, 5) is 36.2. The highest BCUT2D eigenvalue weighted by Gasteiger charge is 2.28. The highest BCUT2D eigenvalue weighted by molar-refractivity contribution is 7.26. The second kappa shape index (κ2) is 16.7. The fourth-order valence-electron chi connectivity index (χ4n) is 7.46. The number of aromatic nitrogens is 2. The fraction of sp³-hybridized carbons (Fsp3) is 0.250. The van der Waals surface area contributed by atoms with Crippen LogP contribution in [0.5, 0.6) is 5.75 Å². The number of aliphatic carboxylic acids is 1. The van der Waals surface area contributed by atoms with E-state index in [2.05, 4.69) is 93.6 Å². The number of benzene rings is 4. The number of carbonyl (C=O) groups excluding carboxylic acids is 1. The Morgan fingerprint density at radius 1 is 0.661 bits per heavy atom. The average Bonchev–Trinajstić information content (AvgIpc) is 3.74. The van der Waals surface area contributed by atoms with Gasteiger partial charge < -0.3 is 9.84 Å². The number of rotatable bonds is 10. The van der Waals surface area contributed by atoms with Gasteiger partial charge in [-0.25, -0.2) is 9.97 Å². The number of fused-ring (bicyclic) bond motifs is 6. The molecule has 4 aromatic heterocycles. The summed E-state index contributed by atoms with van der Waals surface area (Å²) in [6, 6.07) is 33.4. The van der Waals surface area contributed by atoms with Gasteiger partial charge in [-0.05, 0) is 74.9 Å². The second-order valence-corrected chi connectivity index (χ2v) is 16.5. The molecular weight excluding hydrogens is 733 g/mol. The minimum absolute atomic E-state index is 0.195. The molecule has 1 atom stereocenters. The molecule has 0 spiro atoms. The van der Waals surface area contributed by atoms with E-state index < -0.39 is 11.9 Å². The maximum atomic E-state index is 12.5. The molecule has 8 heteroatoms. The first-order valence-corrected chi connectivity index (χ1v) is 20.9. The lowest BCUT2D eigenvalue weighted by Gasteiger charge is -2.20. The smallest absolute Gasteiger partial charge is 0.311 e. The largest absolute Gasteiger partial charge is 0.481 e. The first-order valence-electron chi connectivity index (χ1n) is 19.3. The third-order valence-corrected chi connectivity index (χ3v) is 12.4. The van der Waals surface area contributed by atoms with Gasteiger partial charge in [0.15, 0.2) is 5.75 Å². The van der Waals surface area contributed by atoms with Crippen LogP contribution in [0.4, 0.5) is 0 Å². The van der Waals surface area contributed by atoms with E-state index in [0.29, 0.717) is 18.6 Å². The van der Waals surface area contributed by atoms with Gasteiger partial charge in [-0.15, -0.1) is 22.7 Å². The molecule has 4 aromatic carbocycles. The molecule has 1 N–H and O–H groups in total. The van der Waals surface area contributed by atoms with Crippen molar-refractivity contribution in [3.05, 3.63) is 125 Å². The van der Waals surface area contributed by atoms with Gasteiger partial charge >= 0.3 is 11.9 Å². The highest BCUT2D eigenvalue weighted by Crippen LogP contribution is 2.46. The Labute approximate surface area is 335 Å². The quantitative estimate of drug-likeness (QED) is 0.139. The predicted molar refractivity (Wildman–Crippen MR) is 235 cm³/mol. The van der Waals surface area contributed by atoms with E-state index in [1.807, 2.05) is 45.0 Å². The van der Waals surface area contributed by atoms with Crippen LogP contribution in [0.3, 0.4) is 0 Å². The summed E-state index contributed by atoms with van der Waals surface area (Å²) in [5, 5.41) is 14.4. The SMILES string of the molecule is CCCC(C(=O)O)c1c(C)nc2sc3ccccc3c2c1-c1ccc(C)cc1.CCCCC(=O)Oc1c(C)nc2sc3ccccc3c2c1-c1ccc(C)cc1. The Kier molecular flexibility index (Phi) is 11.6. The standard InChI is InChI=1S/2C24H23NO2S/c1-4-7-18(24(26)27)20-15(3)25-23-22(17-8-5-6-9-19(17)28-23)21(20)16-12-10-14(2)11-13-16;1-4-5-10-20(26)27-23-16(3)25-24-22(18-8-6-7-9-19(18)28-24)21(23)17-13-11-15(2)12-14-17/h5-6,8-13,18H,4,7H2,1-3H3,(H,26,27);6-9,11-14H,4-5,10H2,1-3H3. The Morgan fingerprint density at radius 2 is 1.16 bits per heavy atom. The van der Waals surface area contributed by atoms with Gasteiger partial charge in [-0.2, -0.15) is 0 Å². The van der Waals surface area contributed by atoms with E-state index in [9.17, 15) is 14.7 Å². The van der Waals surface area contributed by atoms with Crippen molar-refractivity contribution in [2.45, 2.75) is 79.6 Å². The Bertz CT molecular complexity index is 2710. The van der Waals surface area contributed by atoms with Crippen LogP contribution >= 0.6 is 22.7 Å². The number of hydrogen-bond acceptors (Lipinski definition) is 7. The molecule has 8 rings (SSSR count). The molecule has 0 amide bonds. The van der Waals surface area contributed by atoms with E-state index in [4.69, 9.17) is 14.7 Å². The van der Waals surface area contributed by atoms with Crippen LogP contribution in [-0.4, -0.2) is 27.0 Å². The third kappa shape index (κ3) is 7.68. The molecule has 0 radical (unpaired) electrons. The number of thiophene rings is 2. The van der Waals surface area contributed by atoms with Gasteiger partial charge in [0.05, 0.1) is 11.6 Å². The number of carboxylic acid groups (broad SMARTS) is 1. The molecule has 4 heterocycles. The summed E-state index contributed by atoms with van der Waals surface area (Å²) < 4.78 is 8.26. The zero-order chi connectivity index (χ0) is 39.5. The molecule has 0 bridgehead atoms. The lowest BCUT2D eigenvalue weighted by Crippen LogP contribution is -2.15. The van der Waals surface area contributed by atoms with Gasteiger partial charge in [0.2, 0.25) is 0 Å². The summed E-state index contributed by atoms with van der Waals surface area (Å²) >= 11 is 3.35. The van der Waals surface area contributed by atoms with E-state index >= 15 is 0 Å². The molecule has 0 aliphatic heterocycles. The topological polar surface area (TPSA) is 89.4 Å². The van der Waals surface area contributed by atoms with Crippen LogP contribution in [0, 0.1) is 27.7 Å². The van der Waals surface area contributed by atoms with Crippen LogP contribution in [0.2, 0.25) is 0 Å². The van der Waals surface area contributed by atoms with Gasteiger partial charge in [0.25, 0.3) is 0 Å². The molecule has 56 heavy (non-hydrogen) atoms. The molecule has 0 saturated heterocycles. The van der Waals surface area contributed by atoms with E-state index in [1.165, 1.54) is 20.5 Å². The van der Waals surface area contributed by atoms with Gasteiger partial charge in [0.1, 0.15) is 9.66 Å². The molecule has 8 aromatic rings. The second-order valence-electron chi connectivity index (χ2n) is 14.4. The monoisotopic (exact) mass is 778 g/mol. The van der Waals surface area contributed by atoms with Gasteiger partial charge in [-0.1, -0.05) is 123 Å². The zero-order valence-electron chi connectivity index (χ0n) is 32.7. The summed E-state index contributed by atoms with van der Waals surface area (Å²) in [5.74, 6) is -0.948. The van der Waals surface area contributed by atoms with Crippen molar-refractivity contribution >= 4 is 75.2 Å². The van der Waals surface area contributed by atoms with Gasteiger partial charge in [-0.3, -0.25) is 9.59 Å². The molecular formula is C48H46N2O4S2. The molecule has 284 valence electrons. The van der Waals surface area contributed by atoms with Crippen molar-refractivity contribution in [2.75, 3.05) is 0 Å². The Morgan fingerprint density at radius 3 is 1.68 bits per heavy atom. The van der Waals surface area contributed by atoms with E-state index in [0.717, 1.165) is 89.7 Å². The number of carbonyl (C=O) groups is 2. The van der Waals surface area contributed by atoms with Gasteiger partial charge in [0, 0.05) is 48.6 Å². The van der Waals surface area contributed by atoms with Crippen molar-refractivity contribution in [1.29, 1.82) is 0 Å². The highest BCUT2D eigenvalue weighted by atomic mass is 32.1. The zero-order valence-corrected chi connectivity index (χ0v) is 34.4. The molecule has 1 unspecified atom stereocenters. The van der Waals surface area contributed by atoms with E-state index in [-0.39, 0.29) is 5.97 Å². The molecule has 0 aliphatic carbocycles. The van der Waals surface area contributed by atoms with Crippen molar-refractivity contribution in [3.63, 3.8) is 0 Å². The van der Waals surface area contributed by atoms with Crippen LogP contribution in [0.25, 0.3) is 62.9 Å². The minimum Gasteiger partial charge on any atom is -0.481 e. The summed E-state index contributed by atoms with van der Waals surface area (Å²) in [6.45, 7) is 12.1. The van der Waals surface area contributed by atoms with Crippen molar-refractivity contribution in [3.8, 4) is 28.0 Å². The number of pyridine rings is 2. The van der Waals surface area contributed by atoms with Crippen molar-refractivity contribution in [2.24, 2.45) is 0 Å². The van der Waals surface area contributed by atoms with E-state index in [1.54, 1.807) is 22.7 Å². The first kappa shape index (κ1) is 38.8. The maximum Gasteiger partial charge on any atom is 0.311 e. The lowest BCUT2D eigenvalue weighted by atomic mass is 9.85. The van der Waals surface area contributed by atoms with Crippen LogP contribution in [-0.2, 0) is 9.59 Å². The Hall–Kier alpha value is -5.44. The molecule has 0 aliphatic rings. The first-order chi connectivity index (χ1) is 27.1. The minimum atomic E-state index is -0.779. The normalized spacial score (nSPS) is 11.9. The number of esters is 1. The van der Waals surface area contributed by atoms with Crippen molar-refractivity contribution < 1.29 is 19.4 Å². The number of nitrogens with zero attached hydrogens (tertiary/aromatic N) is 2. The number of unbranched alkanes of at least 4 members (excludes halogenated alkanes) is 1. The van der Waals surface area contributed by atoms with Crippen LogP contribution in [0.15, 0.2) is 97.1 Å². The maximum absolute atomic E-state index is 12.5. The number of carboxylic acids is 1. The Balaban J connectivity index is 0.000000172. The van der Waals surface area contributed by atoms with Crippen LogP contribution < -0.4 is 4.74 Å². The number of hydrogen-bond donors (Lipinski definition) is 1. The summed E-state index contributed by atoms with van der Waals surface area (Å²) in [5.41, 5.74) is 8.90. The predicted octanol–water partition coefficient (Wildman–Crippen LogP) is 13.5. The number of ether oxygens (including phenoxy) is 1. The van der Waals surface area contributed by atoms with Crippen LogP contribution in [0.1, 0.15) is 79.9 Å². The molecule has 6 nitrogen and oxygen atoms in total. The lowest BCUT2D eigenvalue weighted by molar-refractivity contribution is -0.139. The third-order valence-electron chi connectivity index (χ3n) is 10.3. The number of aryl methyl sites for hydroxylation is 4. The summed E-state index contributed by atoms with van der Waals surface area (Å²) in [7, 11) is 0. The average molecular weight is 779 g/mol. The molecule has 0 saturated carbocycles. The summed E-state index contributed by atoms with van der Waals surface area (Å²) in [6.07, 6.45) is 3.63. The molecule has 0 fully saturated rings.